The van der Waals surface area contributed by atoms with E-state index in [9.17, 15) is 0 Å². The molecule has 2 heterocycles. The molecule has 0 bridgehead atoms. The molecule has 1 aromatic rings. The summed E-state index contributed by atoms with van der Waals surface area (Å²) >= 11 is 0. The van der Waals surface area contributed by atoms with Crippen LogP contribution in [-0.4, -0.2) is 50.1 Å². The molecule has 5 nitrogen and oxygen atoms in total. The van der Waals surface area contributed by atoms with E-state index in [1.807, 2.05) is 6.07 Å². The maximum absolute atomic E-state index is 6.06. The molecule has 0 aromatic heterocycles. The Kier molecular flexibility index (Phi) is 3.83. The highest BCUT2D eigenvalue weighted by atomic mass is 16.7. The third-order valence-corrected chi connectivity index (χ3v) is 4.24. The van der Waals surface area contributed by atoms with Crippen molar-refractivity contribution in [3.63, 3.8) is 0 Å². The Balaban J connectivity index is 1.76. The van der Waals surface area contributed by atoms with Crippen LogP contribution in [0, 0.1) is 0 Å². The van der Waals surface area contributed by atoms with Gasteiger partial charge in [0, 0.05) is 25.2 Å². The van der Waals surface area contributed by atoms with Crippen LogP contribution in [0.5, 0.6) is 11.5 Å². The highest BCUT2D eigenvalue weighted by molar-refractivity contribution is 5.44. The van der Waals surface area contributed by atoms with Gasteiger partial charge in [-0.1, -0.05) is 6.07 Å². The van der Waals surface area contributed by atoms with E-state index in [0.717, 1.165) is 44.2 Å². The van der Waals surface area contributed by atoms with Crippen LogP contribution in [0.3, 0.4) is 0 Å². The topological polar surface area (TPSA) is 57.0 Å². The molecule has 1 atom stereocenters. The van der Waals surface area contributed by atoms with E-state index in [1.165, 1.54) is 5.56 Å². The lowest BCUT2D eigenvalue weighted by molar-refractivity contribution is -0.0132. The highest BCUT2D eigenvalue weighted by Crippen LogP contribution is 2.34. The lowest BCUT2D eigenvalue weighted by Crippen LogP contribution is -2.56. The van der Waals surface area contributed by atoms with Gasteiger partial charge in [-0.25, -0.2) is 0 Å². The molecule has 2 aliphatic heterocycles. The fourth-order valence-electron chi connectivity index (χ4n) is 2.91. The highest BCUT2D eigenvalue weighted by Gasteiger charge is 2.32. The standard InChI is InChI=1S/C15H22N2O3/c1-15(10-16,17-4-6-18-7-5-17)9-12-2-3-13-14(8-12)20-11-19-13/h2-3,8H,4-7,9-11,16H2,1H3. The summed E-state index contributed by atoms with van der Waals surface area (Å²) in [7, 11) is 0. The number of hydrogen-bond acceptors (Lipinski definition) is 5. The van der Waals surface area contributed by atoms with Gasteiger partial charge in [-0.2, -0.15) is 0 Å². The predicted molar refractivity (Wildman–Crippen MR) is 76.1 cm³/mol. The lowest BCUT2D eigenvalue weighted by Gasteiger charge is -2.42. The van der Waals surface area contributed by atoms with Gasteiger partial charge in [-0.05, 0) is 31.0 Å². The van der Waals surface area contributed by atoms with Crippen molar-refractivity contribution in [2.45, 2.75) is 18.9 Å². The smallest absolute Gasteiger partial charge is 0.231 e. The molecule has 0 amide bonds. The van der Waals surface area contributed by atoms with Crippen molar-refractivity contribution in [1.82, 2.24) is 4.90 Å². The summed E-state index contributed by atoms with van der Waals surface area (Å²) < 4.78 is 16.2. The number of fused-ring (bicyclic) bond motifs is 1. The average Bonchev–Trinajstić information content (AvgIpc) is 2.95. The molecule has 1 unspecified atom stereocenters. The van der Waals surface area contributed by atoms with Crippen LogP contribution in [0.2, 0.25) is 0 Å². The van der Waals surface area contributed by atoms with Crippen molar-refractivity contribution >= 4 is 0 Å². The molecule has 110 valence electrons. The Labute approximate surface area is 119 Å². The first-order valence-electron chi connectivity index (χ1n) is 7.13. The van der Waals surface area contributed by atoms with Gasteiger partial charge in [0.2, 0.25) is 6.79 Å². The van der Waals surface area contributed by atoms with Crippen LogP contribution in [0.4, 0.5) is 0 Å². The van der Waals surface area contributed by atoms with Gasteiger partial charge >= 0.3 is 0 Å². The number of nitrogens with two attached hydrogens (primary N) is 1. The van der Waals surface area contributed by atoms with Crippen molar-refractivity contribution in [3.8, 4) is 11.5 Å². The number of rotatable bonds is 4. The third kappa shape index (κ3) is 2.61. The Morgan fingerprint density at radius 3 is 2.70 bits per heavy atom. The summed E-state index contributed by atoms with van der Waals surface area (Å²) in [5, 5.41) is 0. The molecule has 0 saturated carbocycles. The quantitative estimate of drug-likeness (QED) is 0.890. The Morgan fingerprint density at radius 2 is 1.95 bits per heavy atom. The minimum atomic E-state index is -0.0442. The van der Waals surface area contributed by atoms with Crippen LogP contribution < -0.4 is 15.2 Å². The molecule has 0 spiro atoms. The van der Waals surface area contributed by atoms with Gasteiger partial charge in [0.15, 0.2) is 11.5 Å². The number of benzene rings is 1. The summed E-state index contributed by atoms with van der Waals surface area (Å²) in [6.07, 6.45) is 0.903. The van der Waals surface area contributed by atoms with E-state index in [4.69, 9.17) is 19.9 Å². The Bertz CT molecular complexity index is 474. The molecule has 1 fully saturated rings. The van der Waals surface area contributed by atoms with E-state index < -0.39 is 0 Å². The summed E-state index contributed by atoms with van der Waals surface area (Å²) in [6.45, 7) is 6.63. The van der Waals surface area contributed by atoms with Crippen LogP contribution >= 0.6 is 0 Å². The zero-order valence-electron chi connectivity index (χ0n) is 11.9. The fourth-order valence-corrected chi connectivity index (χ4v) is 2.91. The minimum Gasteiger partial charge on any atom is -0.454 e. The summed E-state index contributed by atoms with van der Waals surface area (Å²) in [5.74, 6) is 1.67. The molecular formula is C15H22N2O3. The second-order valence-corrected chi connectivity index (χ2v) is 5.66. The van der Waals surface area contributed by atoms with Gasteiger partial charge in [-0.15, -0.1) is 0 Å². The molecule has 2 N–H and O–H groups in total. The van der Waals surface area contributed by atoms with E-state index in [-0.39, 0.29) is 5.54 Å². The van der Waals surface area contributed by atoms with E-state index >= 15 is 0 Å². The fraction of sp³-hybridized carbons (Fsp3) is 0.600. The van der Waals surface area contributed by atoms with E-state index in [0.29, 0.717) is 13.3 Å². The first-order valence-corrected chi connectivity index (χ1v) is 7.13. The number of hydrogen-bond donors (Lipinski definition) is 1. The molecular weight excluding hydrogens is 256 g/mol. The average molecular weight is 278 g/mol. The van der Waals surface area contributed by atoms with Gasteiger partial charge in [0.25, 0.3) is 0 Å². The Morgan fingerprint density at radius 1 is 1.20 bits per heavy atom. The lowest BCUT2D eigenvalue weighted by atomic mass is 9.90. The molecule has 1 aromatic carbocycles. The van der Waals surface area contributed by atoms with Crippen LogP contribution in [0.25, 0.3) is 0 Å². The van der Waals surface area contributed by atoms with Gasteiger partial charge < -0.3 is 19.9 Å². The van der Waals surface area contributed by atoms with Crippen molar-refractivity contribution in [3.05, 3.63) is 23.8 Å². The minimum absolute atomic E-state index is 0.0442. The van der Waals surface area contributed by atoms with E-state index in [2.05, 4.69) is 24.0 Å². The van der Waals surface area contributed by atoms with Gasteiger partial charge in [-0.3, -0.25) is 4.90 Å². The van der Waals surface area contributed by atoms with Crippen molar-refractivity contribution in [2.24, 2.45) is 5.73 Å². The van der Waals surface area contributed by atoms with Crippen molar-refractivity contribution in [1.29, 1.82) is 0 Å². The second-order valence-electron chi connectivity index (χ2n) is 5.66. The first kappa shape index (κ1) is 13.7. The molecule has 0 aliphatic carbocycles. The third-order valence-electron chi connectivity index (χ3n) is 4.24. The molecule has 0 radical (unpaired) electrons. The van der Waals surface area contributed by atoms with Crippen LogP contribution in [0.1, 0.15) is 12.5 Å². The van der Waals surface area contributed by atoms with Gasteiger partial charge in [0.1, 0.15) is 0 Å². The number of nitrogens with zero attached hydrogens (tertiary/aromatic N) is 1. The molecule has 5 heteroatoms. The zero-order valence-corrected chi connectivity index (χ0v) is 11.9. The summed E-state index contributed by atoms with van der Waals surface area (Å²) in [6, 6.07) is 6.15. The maximum Gasteiger partial charge on any atom is 0.231 e. The number of morpholine rings is 1. The largest absolute Gasteiger partial charge is 0.454 e. The maximum atomic E-state index is 6.06. The normalized spacial score (nSPS) is 21.7. The van der Waals surface area contributed by atoms with Crippen molar-refractivity contribution in [2.75, 3.05) is 39.6 Å². The molecule has 20 heavy (non-hydrogen) atoms. The summed E-state index contributed by atoms with van der Waals surface area (Å²) in [4.78, 5) is 2.43. The van der Waals surface area contributed by atoms with E-state index in [1.54, 1.807) is 0 Å². The zero-order chi connectivity index (χ0) is 14.0. The second kappa shape index (κ2) is 5.60. The number of ether oxygens (including phenoxy) is 3. The molecule has 1 saturated heterocycles. The first-order chi connectivity index (χ1) is 9.71. The molecule has 2 aliphatic rings. The monoisotopic (exact) mass is 278 g/mol. The van der Waals surface area contributed by atoms with Crippen molar-refractivity contribution < 1.29 is 14.2 Å². The van der Waals surface area contributed by atoms with Gasteiger partial charge in [0.05, 0.1) is 13.2 Å². The summed E-state index contributed by atoms with van der Waals surface area (Å²) in [5.41, 5.74) is 7.25. The predicted octanol–water partition coefficient (Wildman–Crippen LogP) is 1.01. The van der Waals surface area contributed by atoms with Crippen LogP contribution in [0.15, 0.2) is 18.2 Å². The SMILES string of the molecule is CC(CN)(Cc1ccc2c(c1)OCO2)N1CCOCC1. The van der Waals surface area contributed by atoms with Crippen LogP contribution in [-0.2, 0) is 11.2 Å². The Hall–Kier alpha value is -1.30. The molecule has 3 rings (SSSR count).